The predicted octanol–water partition coefficient (Wildman–Crippen LogP) is 5.06. The summed E-state index contributed by atoms with van der Waals surface area (Å²) < 4.78 is 40.5. The molecule has 1 aromatic heterocycles. The van der Waals surface area contributed by atoms with Crippen molar-refractivity contribution in [2.45, 2.75) is 24.7 Å². The standard InChI is InChI=1S/C20H18Cl2F2N2O5S/c21-12-9-25-10-13(22)17(12)26-18(27)11-2-3-14(31-20(23)24)15(8-11)29-5-1-7-32-16-4-6-30-19(16)28/h2-3,8-10,16,20H,1,4-7H2,(H,25,26,27). The number of halogens is 4. The number of thioether (sulfide) groups is 1. The second kappa shape index (κ2) is 11.5. The Morgan fingerprint density at radius 3 is 2.69 bits per heavy atom. The van der Waals surface area contributed by atoms with Crippen LogP contribution in [0.5, 0.6) is 11.5 Å². The molecule has 12 heteroatoms. The maximum absolute atomic E-state index is 12.7. The summed E-state index contributed by atoms with van der Waals surface area (Å²) in [6.45, 7) is -2.47. The third kappa shape index (κ3) is 6.60. The third-order valence-corrected chi connectivity index (χ3v) is 6.19. The lowest BCUT2D eigenvalue weighted by Gasteiger charge is -2.14. The van der Waals surface area contributed by atoms with Gasteiger partial charge in [-0.3, -0.25) is 14.6 Å². The number of rotatable bonds is 10. The fourth-order valence-corrected chi connectivity index (χ4v) is 4.26. The molecule has 7 nitrogen and oxygen atoms in total. The Morgan fingerprint density at radius 2 is 2.03 bits per heavy atom. The Hall–Kier alpha value is -2.30. The van der Waals surface area contributed by atoms with Crippen LogP contribution in [0, 0.1) is 0 Å². The van der Waals surface area contributed by atoms with Gasteiger partial charge >= 0.3 is 12.6 Å². The molecule has 1 aliphatic rings. The van der Waals surface area contributed by atoms with Crippen LogP contribution in [0.4, 0.5) is 14.5 Å². The van der Waals surface area contributed by atoms with Gasteiger partial charge in [-0.2, -0.15) is 8.78 Å². The van der Waals surface area contributed by atoms with Gasteiger partial charge < -0.3 is 19.5 Å². The number of ether oxygens (including phenoxy) is 3. The number of nitrogens with zero attached hydrogens (tertiary/aromatic N) is 1. The number of esters is 1. The normalized spacial score (nSPS) is 15.5. The minimum absolute atomic E-state index is 0.0184. The molecule has 0 saturated carbocycles. The van der Waals surface area contributed by atoms with Crippen molar-refractivity contribution in [3.63, 3.8) is 0 Å². The lowest BCUT2D eigenvalue weighted by atomic mass is 10.2. The van der Waals surface area contributed by atoms with Gasteiger partial charge in [0.1, 0.15) is 5.25 Å². The van der Waals surface area contributed by atoms with Crippen LogP contribution >= 0.6 is 35.0 Å². The van der Waals surface area contributed by atoms with Gasteiger partial charge in [0.05, 0.1) is 28.9 Å². The summed E-state index contributed by atoms with van der Waals surface area (Å²) in [4.78, 5) is 27.9. The summed E-state index contributed by atoms with van der Waals surface area (Å²) in [7, 11) is 0. The van der Waals surface area contributed by atoms with Crippen LogP contribution in [-0.4, -0.2) is 47.7 Å². The average molecular weight is 507 g/mol. The van der Waals surface area contributed by atoms with E-state index in [1.54, 1.807) is 0 Å². The summed E-state index contributed by atoms with van der Waals surface area (Å²) in [6, 6.07) is 3.82. The molecule has 172 valence electrons. The smallest absolute Gasteiger partial charge is 0.387 e. The van der Waals surface area contributed by atoms with Gasteiger partial charge in [-0.15, -0.1) is 11.8 Å². The molecule has 1 unspecified atom stereocenters. The Labute approximate surface area is 196 Å². The number of nitrogens with one attached hydrogen (secondary N) is 1. The van der Waals surface area contributed by atoms with Crippen LogP contribution in [0.2, 0.25) is 10.0 Å². The van der Waals surface area contributed by atoms with E-state index in [1.165, 1.54) is 42.4 Å². The largest absolute Gasteiger partial charge is 0.490 e. The number of hydrogen-bond acceptors (Lipinski definition) is 7. The van der Waals surface area contributed by atoms with Crippen LogP contribution in [0.1, 0.15) is 23.2 Å². The highest BCUT2D eigenvalue weighted by Gasteiger charge is 2.26. The molecule has 1 aromatic carbocycles. The quantitative estimate of drug-likeness (QED) is 0.356. The summed E-state index contributed by atoms with van der Waals surface area (Å²) in [5.74, 6) is -0.414. The molecule has 2 heterocycles. The van der Waals surface area contributed by atoms with E-state index in [9.17, 15) is 18.4 Å². The van der Waals surface area contributed by atoms with Crippen molar-refractivity contribution in [3.05, 3.63) is 46.2 Å². The molecule has 1 fully saturated rings. The molecule has 0 radical (unpaired) electrons. The third-order valence-electron chi connectivity index (χ3n) is 4.27. The van der Waals surface area contributed by atoms with E-state index in [2.05, 4.69) is 15.0 Å². The van der Waals surface area contributed by atoms with Gasteiger partial charge in [0.2, 0.25) is 0 Å². The van der Waals surface area contributed by atoms with Crippen molar-refractivity contribution in [1.29, 1.82) is 0 Å². The number of anilines is 1. The Bertz CT molecular complexity index is 963. The minimum Gasteiger partial charge on any atom is -0.490 e. The molecule has 1 N–H and O–H groups in total. The summed E-state index contributed by atoms with van der Waals surface area (Å²) in [5.41, 5.74) is 0.291. The number of aromatic nitrogens is 1. The number of alkyl halides is 2. The Morgan fingerprint density at radius 1 is 1.28 bits per heavy atom. The second-order valence-corrected chi connectivity index (χ2v) is 8.61. The first-order valence-corrected chi connectivity index (χ1v) is 11.3. The molecule has 2 aromatic rings. The number of carbonyl (C=O) groups is 2. The highest BCUT2D eigenvalue weighted by Crippen LogP contribution is 2.32. The van der Waals surface area contributed by atoms with Crippen LogP contribution in [0.15, 0.2) is 30.6 Å². The first-order valence-electron chi connectivity index (χ1n) is 9.45. The van der Waals surface area contributed by atoms with Crippen LogP contribution in [0.25, 0.3) is 0 Å². The van der Waals surface area contributed by atoms with Gasteiger partial charge in [-0.25, -0.2) is 0 Å². The molecular formula is C20H18Cl2F2N2O5S. The second-order valence-electron chi connectivity index (χ2n) is 6.49. The topological polar surface area (TPSA) is 86.8 Å². The zero-order chi connectivity index (χ0) is 23.1. The molecule has 1 saturated heterocycles. The summed E-state index contributed by atoms with van der Waals surface area (Å²) in [6.07, 6.45) is 3.85. The summed E-state index contributed by atoms with van der Waals surface area (Å²) in [5, 5.41) is 2.66. The highest BCUT2D eigenvalue weighted by atomic mass is 35.5. The monoisotopic (exact) mass is 506 g/mol. The average Bonchev–Trinajstić information content (AvgIpc) is 3.15. The Balaban J connectivity index is 1.64. The molecule has 0 aliphatic carbocycles. The number of cyclic esters (lactones) is 1. The van der Waals surface area contributed by atoms with Gasteiger partial charge in [-0.05, 0) is 30.4 Å². The summed E-state index contributed by atoms with van der Waals surface area (Å²) >= 11 is 13.5. The molecule has 32 heavy (non-hydrogen) atoms. The van der Waals surface area contributed by atoms with Gasteiger partial charge in [-0.1, -0.05) is 23.2 Å². The van der Waals surface area contributed by atoms with E-state index in [0.717, 1.165) is 0 Å². The number of benzene rings is 1. The molecular weight excluding hydrogens is 489 g/mol. The number of pyridine rings is 1. The number of hydrogen-bond donors (Lipinski definition) is 1. The first kappa shape index (κ1) is 24.3. The minimum atomic E-state index is -3.06. The van der Waals surface area contributed by atoms with E-state index in [1.807, 2.05) is 0 Å². The zero-order valence-corrected chi connectivity index (χ0v) is 18.8. The first-order chi connectivity index (χ1) is 15.3. The van der Waals surface area contributed by atoms with Crippen LogP contribution in [-0.2, 0) is 9.53 Å². The molecule has 1 aliphatic heterocycles. The Kier molecular flexibility index (Phi) is 8.77. The van der Waals surface area contributed by atoms with Gasteiger partial charge in [0, 0.05) is 24.4 Å². The van der Waals surface area contributed by atoms with Crippen molar-refractivity contribution < 1.29 is 32.6 Å². The van der Waals surface area contributed by atoms with Crippen molar-refractivity contribution in [1.82, 2.24) is 4.98 Å². The lowest BCUT2D eigenvalue weighted by molar-refractivity contribution is -0.137. The molecule has 0 spiro atoms. The fourth-order valence-electron chi connectivity index (χ4n) is 2.77. The SMILES string of the molecule is O=C(Nc1c(Cl)cncc1Cl)c1ccc(OC(F)F)c(OCCCSC2CCOC2=O)c1. The van der Waals surface area contributed by atoms with Crippen molar-refractivity contribution in [2.24, 2.45) is 0 Å². The van der Waals surface area contributed by atoms with E-state index in [-0.39, 0.29) is 50.6 Å². The maximum Gasteiger partial charge on any atom is 0.387 e. The van der Waals surface area contributed by atoms with E-state index < -0.39 is 12.5 Å². The maximum atomic E-state index is 12.7. The van der Waals surface area contributed by atoms with Crippen LogP contribution in [0.3, 0.4) is 0 Å². The lowest BCUT2D eigenvalue weighted by Crippen LogP contribution is -2.14. The molecule has 0 bridgehead atoms. The zero-order valence-electron chi connectivity index (χ0n) is 16.5. The van der Waals surface area contributed by atoms with Crippen LogP contribution < -0.4 is 14.8 Å². The molecule has 1 atom stereocenters. The number of carbonyl (C=O) groups excluding carboxylic acids is 2. The van der Waals surface area contributed by atoms with Gasteiger partial charge in [0.15, 0.2) is 11.5 Å². The van der Waals surface area contributed by atoms with Crippen molar-refractivity contribution >= 4 is 52.5 Å². The van der Waals surface area contributed by atoms with Gasteiger partial charge in [0.25, 0.3) is 5.91 Å². The van der Waals surface area contributed by atoms with Crippen molar-refractivity contribution in [3.8, 4) is 11.5 Å². The highest BCUT2D eigenvalue weighted by molar-refractivity contribution is 8.00. The van der Waals surface area contributed by atoms with Crippen molar-refractivity contribution in [2.75, 3.05) is 24.3 Å². The molecule has 1 amide bonds. The van der Waals surface area contributed by atoms with E-state index >= 15 is 0 Å². The number of amides is 1. The van der Waals surface area contributed by atoms with E-state index in [4.69, 9.17) is 32.7 Å². The fraction of sp³-hybridized carbons (Fsp3) is 0.350. The van der Waals surface area contributed by atoms with E-state index in [0.29, 0.717) is 25.2 Å². The molecule has 3 rings (SSSR count). The predicted molar refractivity (Wildman–Crippen MR) is 117 cm³/mol.